The molecule has 1 unspecified atom stereocenters. The van der Waals surface area contributed by atoms with Crippen LogP contribution in [-0.4, -0.2) is 12.0 Å². The molecule has 0 bridgehead atoms. The van der Waals surface area contributed by atoms with Gasteiger partial charge in [0.1, 0.15) is 0 Å². The average Bonchev–Trinajstić information content (AvgIpc) is 2.12. The van der Waals surface area contributed by atoms with Gasteiger partial charge in [-0.2, -0.15) is 0 Å². The van der Waals surface area contributed by atoms with E-state index in [0.29, 0.717) is 6.04 Å². The summed E-state index contributed by atoms with van der Waals surface area (Å²) in [7, 11) is 2.05. The second-order valence-corrected chi connectivity index (χ2v) is 4.19. The summed E-state index contributed by atoms with van der Waals surface area (Å²) in [5, 5.41) is 3.42. The van der Waals surface area contributed by atoms with E-state index in [1.807, 2.05) is 12.4 Å². The van der Waals surface area contributed by atoms with E-state index in [9.17, 15) is 0 Å². The summed E-state index contributed by atoms with van der Waals surface area (Å²) in [6.45, 7) is 2.17. The van der Waals surface area contributed by atoms with Gasteiger partial charge in [-0.3, -0.25) is 4.98 Å². The van der Waals surface area contributed by atoms with Crippen LogP contribution in [0.2, 0.25) is 0 Å². The first-order valence-corrected chi connectivity index (χ1v) is 5.40. The van der Waals surface area contributed by atoms with Crippen LogP contribution in [0.25, 0.3) is 0 Å². The minimum absolute atomic E-state index is 0.512. The van der Waals surface area contributed by atoms with Crippen LogP contribution in [0, 0.1) is 12.8 Å². The van der Waals surface area contributed by atoms with Gasteiger partial charge in [-0.1, -0.05) is 6.42 Å². The van der Waals surface area contributed by atoms with E-state index in [-0.39, 0.29) is 0 Å². The molecule has 14 heavy (non-hydrogen) atoms. The molecule has 2 nitrogen and oxygen atoms in total. The monoisotopic (exact) mass is 190 g/mol. The van der Waals surface area contributed by atoms with Crippen LogP contribution in [0.3, 0.4) is 0 Å². The highest BCUT2D eigenvalue weighted by atomic mass is 14.9. The Morgan fingerprint density at radius 3 is 2.79 bits per heavy atom. The van der Waals surface area contributed by atoms with Crippen LogP contribution in [0.5, 0.6) is 0 Å². The Balaban J connectivity index is 2.22. The summed E-state index contributed by atoms with van der Waals surface area (Å²) >= 11 is 0. The molecular weight excluding hydrogens is 172 g/mol. The number of aryl methyl sites for hydroxylation is 1. The summed E-state index contributed by atoms with van der Waals surface area (Å²) in [6.07, 6.45) is 7.99. The number of hydrogen-bond acceptors (Lipinski definition) is 2. The first-order chi connectivity index (χ1) is 6.83. The summed E-state index contributed by atoms with van der Waals surface area (Å²) in [4.78, 5) is 4.22. The third-order valence-electron chi connectivity index (χ3n) is 3.35. The van der Waals surface area contributed by atoms with Crippen molar-refractivity contribution in [2.45, 2.75) is 32.2 Å². The predicted molar refractivity (Wildman–Crippen MR) is 58.1 cm³/mol. The molecule has 1 fully saturated rings. The smallest absolute Gasteiger partial charge is 0.0364 e. The Morgan fingerprint density at radius 2 is 2.29 bits per heavy atom. The summed E-state index contributed by atoms with van der Waals surface area (Å²) in [6, 6.07) is 2.61. The van der Waals surface area contributed by atoms with Crippen LogP contribution in [0.15, 0.2) is 18.5 Å². The fourth-order valence-electron chi connectivity index (χ4n) is 2.22. The second-order valence-electron chi connectivity index (χ2n) is 4.19. The predicted octanol–water partition coefficient (Wildman–Crippen LogP) is 2.45. The van der Waals surface area contributed by atoms with Gasteiger partial charge in [0, 0.05) is 18.4 Å². The molecule has 0 spiro atoms. The Labute approximate surface area is 85.7 Å². The van der Waals surface area contributed by atoms with Crippen molar-refractivity contribution in [2.24, 2.45) is 5.92 Å². The molecule has 1 heterocycles. The Hall–Kier alpha value is -0.890. The average molecular weight is 190 g/mol. The van der Waals surface area contributed by atoms with Crippen LogP contribution in [0.1, 0.15) is 36.4 Å². The fraction of sp³-hybridized carbons (Fsp3) is 0.583. The molecule has 1 atom stereocenters. The molecule has 0 amide bonds. The van der Waals surface area contributed by atoms with Gasteiger partial charge < -0.3 is 5.32 Å². The summed E-state index contributed by atoms with van der Waals surface area (Å²) in [5.74, 6) is 0.822. The molecule has 2 heteroatoms. The quantitative estimate of drug-likeness (QED) is 0.792. The maximum atomic E-state index is 4.22. The SMILES string of the molecule is CNC(c1cnccc1C)C1CCC1. The Bertz CT molecular complexity index is 305. The lowest BCUT2D eigenvalue weighted by Gasteiger charge is -2.34. The lowest BCUT2D eigenvalue weighted by atomic mass is 9.77. The number of hydrogen-bond donors (Lipinski definition) is 1. The normalized spacial score (nSPS) is 19.0. The highest BCUT2D eigenvalue weighted by Crippen LogP contribution is 2.37. The molecule has 0 radical (unpaired) electrons. The van der Waals surface area contributed by atoms with Gasteiger partial charge in [-0.25, -0.2) is 0 Å². The number of pyridine rings is 1. The molecule has 0 aliphatic heterocycles. The molecule has 0 saturated heterocycles. The zero-order chi connectivity index (χ0) is 9.97. The van der Waals surface area contributed by atoms with Crippen molar-refractivity contribution in [1.82, 2.24) is 10.3 Å². The van der Waals surface area contributed by atoms with Crippen LogP contribution in [-0.2, 0) is 0 Å². The zero-order valence-corrected chi connectivity index (χ0v) is 8.96. The van der Waals surface area contributed by atoms with Crippen molar-refractivity contribution in [3.05, 3.63) is 29.6 Å². The molecule has 1 N–H and O–H groups in total. The van der Waals surface area contributed by atoms with Crippen molar-refractivity contribution in [1.29, 1.82) is 0 Å². The first-order valence-electron chi connectivity index (χ1n) is 5.40. The Kier molecular flexibility index (Phi) is 2.82. The molecule has 1 aliphatic carbocycles. The van der Waals surface area contributed by atoms with Gasteiger partial charge in [-0.15, -0.1) is 0 Å². The topological polar surface area (TPSA) is 24.9 Å². The van der Waals surface area contributed by atoms with Crippen molar-refractivity contribution < 1.29 is 0 Å². The summed E-state index contributed by atoms with van der Waals surface area (Å²) in [5.41, 5.74) is 2.73. The van der Waals surface area contributed by atoms with E-state index in [1.54, 1.807) is 0 Å². The van der Waals surface area contributed by atoms with E-state index in [4.69, 9.17) is 0 Å². The third-order valence-corrected chi connectivity index (χ3v) is 3.35. The molecule has 1 aliphatic rings. The molecule has 2 rings (SSSR count). The van der Waals surface area contributed by atoms with Gasteiger partial charge in [0.2, 0.25) is 0 Å². The molecular formula is C12H18N2. The lowest BCUT2D eigenvalue weighted by molar-refractivity contribution is 0.238. The van der Waals surface area contributed by atoms with Crippen molar-refractivity contribution >= 4 is 0 Å². The molecule has 76 valence electrons. The first kappa shape index (κ1) is 9.66. The van der Waals surface area contributed by atoms with E-state index in [1.165, 1.54) is 30.4 Å². The minimum Gasteiger partial charge on any atom is -0.313 e. The molecule has 1 saturated carbocycles. The van der Waals surface area contributed by atoms with Crippen molar-refractivity contribution in [3.8, 4) is 0 Å². The number of nitrogens with one attached hydrogen (secondary N) is 1. The lowest BCUT2D eigenvalue weighted by Crippen LogP contribution is -2.30. The minimum atomic E-state index is 0.512. The van der Waals surface area contributed by atoms with E-state index in [2.05, 4.69) is 30.3 Å². The maximum Gasteiger partial charge on any atom is 0.0364 e. The van der Waals surface area contributed by atoms with E-state index < -0.39 is 0 Å². The van der Waals surface area contributed by atoms with Gasteiger partial charge in [0.15, 0.2) is 0 Å². The van der Waals surface area contributed by atoms with Gasteiger partial charge in [-0.05, 0) is 49.9 Å². The van der Waals surface area contributed by atoms with E-state index in [0.717, 1.165) is 5.92 Å². The second kappa shape index (κ2) is 4.09. The highest BCUT2D eigenvalue weighted by Gasteiger charge is 2.28. The maximum absolute atomic E-state index is 4.22. The van der Waals surface area contributed by atoms with Crippen LogP contribution >= 0.6 is 0 Å². The van der Waals surface area contributed by atoms with Gasteiger partial charge >= 0.3 is 0 Å². The fourth-order valence-corrected chi connectivity index (χ4v) is 2.22. The van der Waals surface area contributed by atoms with Crippen molar-refractivity contribution in [2.75, 3.05) is 7.05 Å². The third kappa shape index (κ3) is 1.67. The number of aromatic nitrogens is 1. The molecule has 0 aromatic carbocycles. The molecule has 1 aromatic rings. The number of nitrogens with zero attached hydrogens (tertiary/aromatic N) is 1. The zero-order valence-electron chi connectivity index (χ0n) is 8.96. The van der Waals surface area contributed by atoms with Crippen molar-refractivity contribution in [3.63, 3.8) is 0 Å². The molecule has 1 aromatic heterocycles. The largest absolute Gasteiger partial charge is 0.313 e. The van der Waals surface area contributed by atoms with Gasteiger partial charge in [0.05, 0.1) is 0 Å². The van der Waals surface area contributed by atoms with Gasteiger partial charge in [0.25, 0.3) is 0 Å². The summed E-state index contributed by atoms with van der Waals surface area (Å²) < 4.78 is 0. The van der Waals surface area contributed by atoms with Crippen LogP contribution in [0.4, 0.5) is 0 Å². The number of rotatable bonds is 3. The van der Waals surface area contributed by atoms with E-state index >= 15 is 0 Å². The Morgan fingerprint density at radius 1 is 1.50 bits per heavy atom. The highest BCUT2D eigenvalue weighted by molar-refractivity contribution is 5.26. The standard InChI is InChI=1S/C12H18N2/c1-9-6-7-14-8-11(9)12(13-2)10-4-3-5-10/h6-8,10,12-13H,3-5H2,1-2H3. The van der Waals surface area contributed by atoms with Crippen LogP contribution < -0.4 is 5.32 Å².